The fourth-order valence-electron chi connectivity index (χ4n) is 3.79. The van der Waals surface area contributed by atoms with Crippen LogP contribution in [0.4, 0.5) is 0 Å². The summed E-state index contributed by atoms with van der Waals surface area (Å²) < 4.78 is 2.04. The van der Waals surface area contributed by atoms with Crippen LogP contribution in [0.15, 0.2) is 18.7 Å². The summed E-state index contributed by atoms with van der Waals surface area (Å²) in [5.41, 5.74) is 0. The summed E-state index contributed by atoms with van der Waals surface area (Å²) >= 11 is 0. The molecule has 1 aromatic rings. The summed E-state index contributed by atoms with van der Waals surface area (Å²) in [7, 11) is 0. The lowest BCUT2D eigenvalue weighted by Gasteiger charge is -2.24. The zero-order valence-corrected chi connectivity index (χ0v) is 11.9. The van der Waals surface area contributed by atoms with Crippen LogP contribution in [0.3, 0.4) is 0 Å². The average Bonchev–Trinajstić information content (AvgIpc) is 3.19. The molecule has 0 spiro atoms. The molecule has 114 valence electrons. The van der Waals surface area contributed by atoms with Gasteiger partial charge in [0.15, 0.2) is 0 Å². The standard InChI is InChI=1S/C15H21N3O3/c19-14(10-3-1-4-11(10)15(20)21)17-12-5-2-6-13(12)18-8-7-16-9-18/h7-13H,1-6H2,(H,17,19)(H,20,21)/t10-,11+,12?,13?/m1/s1. The van der Waals surface area contributed by atoms with Gasteiger partial charge in [0.05, 0.1) is 24.2 Å². The SMILES string of the molecule is O=C(O)[C@H]1CCC[C@H]1C(=O)NC1CCCC1n1ccnc1. The van der Waals surface area contributed by atoms with E-state index in [0.29, 0.717) is 12.8 Å². The van der Waals surface area contributed by atoms with Crippen molar-refractivity contribution in [3.63, 3.8) is 0 Å². The molecule has 1 heterocycles. The second-order valence-corrected chi connectivity index (χ2v) is 6.11. The summed E-state index contributed by atoms with van der Waals surface area (Å²) in [4.78, 5) is 27.7. The van der Waals surface area contributed by atoms with Gasteiger partial charge in [0.2, 0.25) is 5.91 Å². The highest BCUT2D eigenvalue weighted by atomic mass is 16.4. The lowest BCUT2D eigenvalue weighted by molar-refractivity contribution is -0.146. The Bertz CT molecular complexity index is 514. The van der Waals surface area contributed by atoms with Crippen molar-refractivity contribution < 1.29 is 14.7 Å². The molecule has 21 heavy (non-hydrogen) atoms. The summed E-state index contributed by atoms with van der Waals surface area (Å²) in [5.74, 6) is -1.81. The zero-order chi connectivity index (χ0) is 14.8. The number of aliphatic carboxylic acids is 1. The van der Waals surface area contributed by atoms with E-state index in [-0.39, 0.29) is 23.9 Å². The van der Waals surface area contributed by atoms with E-state index in [2.05, 4.69) is 10.3 Å². The van der Waals surface area contributed by atoms with Gasteiger partial charge in [-0.2, -0.15) is 0 Å². The smallest absolute Gasteiger partial charge is 0.307 e. The Morgan fingerprint density at radius 2 is 1.90 bits per heavy atom. The minimum atomic E-state index is -0.842. The van der Waals surface area contributed by atoms with Crippen LogP contribution in [-0.4, -0.2) is 32.6 Å². The van der Waals surface area contributed by atoms with Crippen LogP contribution in [0, 0.1) is 11.8 Å². The molecule has 0 saturated heterocycles. The summed E-state index contributed by atoms with van der Waals surface area (Å²) in [6.45, 7) is 0. The Labute approximate surface area is 123 Å². The monoisotopic (exact) mass is 291 g/mol. The number of rotatable bonds is 4. The maximum Gasteiger partial charge on any atom is 0.307 e. The molecule has 2 aliphatic rings. The largest absolute Gasteiger partial charge is 0.481 e. The van der Waals surface area contributed by atoms with E-state index in [4.69, 9.17) is 0 Å². The first-order valence-corrected chi connectivity index (χ1v) is 7.67. The molecule has 2 aliphatic carbocycles. The number of hydrogen-bond acceptors (Lipinski definition) is 3. The van der Waals surface area contributed by atoms with Crippen LogP contribution in [0.2, 0.25) is 0 Å². The first-order chi connectivity index (χ1) is 10.2. The van der Waals surface area contributed by atoms with Gasteiger partial charge in [-0.3, -0.25) is 9.59 Å². The van der Waals surface area contributed by atoms with Crippen LogP contribution >= 0.6 is 0 Å². The lowest BCUT2D eigenvalue weighted by atomic mass is 9.95. The number of carbonyl (C=O) groups excluding carboxylic acids is 1. The van der Waals surface area contributed by atoms with Crippen molar-refractivity contribution in [3.8, 4) is 0 Å². The molecule has 2 unspecified atom stereocenters. The Balaban J connectivity index is 1.65. The topological polar surface area (TPSA) is 84.2 Å². The normalized spacial score (nSPS) is 32.2. The zero-order valence-electron chi connectivity index (χ0n) is 11.9. The van der Waals surface area contributed by atoms with Crippen molar-refractivity contribution in [2.45, 2.75) is 50.6 Å². The van der Waals surface area contributed by atoms with Crippen LogP contribution in [0.5, 0.6) is 0 Å². The molecule has 6 nitrogen and oxygen atoms in total. The third-order valence-corrected chi connectivity index (χ3v) is 4.88. The van der Waals surface area contributed by atoms with Gasteiger partial charge in [-0.1, -0.05) is 6.42 Å². The second-order valence-electron chi connectivity index (χ2n) is 6.11. The highest BCUT2D eigenvalue weighted by Gasteiger charge is 2.39. The van der Waals surface area contributed by atoms with Crippen molar-refractivity contribution in [2.24, 2.45) is 11.8 Å². The Morgan fingerprint density at radius 1 is 1.14 bits per heavy atom. The number of aromatic nitrogens is 2. The maximum absolute atomic E-state index is 12.4. The fraction of sp³-hybridized carbons (Fsp3) is 0.667. The third-order valence-electron chi connectivity index (χ3n) is 4.88. The van der Waals surface area contributed by atoms with Crippen molar-refractivity contribution in [2.75, 3.05) is 0 Å². The molecule has 2 fully saturated rings. The van der Waals surface area contributed by atoms with Gasteiger partial charge >= 0.3 is 5.97 Å². The van der Waals surface area contributed by atoms with Crippen molar-refractivity contribution >= 4 is 11.9 Å². The predicted molar refractivity (Wildman–Crippen MR) is 75.5 cm³/mol. The molecular formula is C15H21N3O3. The van der Waals surface area contributed by atoms with Gasteiger partial charge in [0, 0.05) is 18.4 Å². The molecule has 3 rings (SSSR count). The van der Waals surface area contributed by atoms with Gasteiger partial charge in [-0.15, -0.1) is 0 Å². The van der Waals surface area contributed by atoms with Crippen LogP contribution in [-0.2, 0) is 9.59 Å². The molecular weight excluding hydrogens is 270 g/mol. The quantitative estimate of drug-likeness (QED) is 0.882. The van der Waals surface area contributed by atoms with Gasteiger partial charge in [-0.25, -0.2) is 4.98 Å². The van der Waals surface area contributed by atoms with Crippen molar-refractivity contribution in [3.05, 3.63) is 18.7 Å². The summed E-state index contributed by atoms with van der Waals surface area (Å²) in [5, 5.41) is 12.3. The minimum Gasteiger partial charge on any atom is -0.481 e. The average molecular weight is 291 g/mol. The molecule has 4 atom stereocenters. The van der Waals surface area contributed by atoms with Gasteiger partial charge in [-0.05, 0) is 32.1 Å². The van der Waals surface area contributed by atoms with Crippen LogP contribution < -0.4 is 5.32 Å². The summed E-state index contributed by atoms with van der Waals surface area (Å²) in [6.07, 6.45) is 10.6. The minimum absolute atomic E-state index is 0.0849. The number of carbonyl (C=O) groups is 2. The number of carboxylic acids is 1. The highest BCUT2D eigenvalue weighted by molar-refractivity contribution is 5.85. The Kier molecular flexibility index (Phi) is 3.94. The number of hydrogen-bond donors (Lipinski definition) is 2. The van der Waals surface area contributed by atoms with E-state index in [9.17, 15) is 14.7 Å². The van der Waals surface area contributed by atoms with E-state index in [1.54, 1.807) is 12.5 Å². The van der Waals surface area contributed by atoms with Crippen molar-refractivity contribution in [1.29, 1.82) is 0 Å². The number of imidazole rings is 1. The Morgan fingerprint density at radius 3 is 2.62 bits per heavy atom. The first-order valence-electron chi connectivity index (χ1n) is 7.67. The molecule has 0 radical (unpaired) electrons. The number of nitrogens with one attached hydrogen (secondary N) is 1. The van der Waals surface area contributed by atoms with E-state index in [0.717, 1.165) is 25.7 Å². The predicted octanol–water partition coefficient (Wildman–Crippen LogP) is 1.59. The van der Waals surface area contributed by atoms with Crippen LogP contribution in [0.25, 0.3) is 0 Å². The molecule has 0 aliphatic heterocycles. The molecule has 2 N–H and O–H groups in total. The lowest BCUT2D eigenvalue weighted by Crippen LogP contribution is -2.43. The number of nitrogens with zero attached hydrogens (tertiary/aromatic N) is 2. The highest BCUT2D eigenvalue weighted by Crippen LogP contribution is 2.34. The van der Waals surface area contributed by atoms with E-state index < -0.39 is 11.9 Å². The third kappa shape index (κ3) is 2.80. The Hall–Kier alpha value is -1.85. The van der Waals surface area contributed by atoms with Crippen molar-refractivity contribution in [1.82, 2.24) is 14.9 Å². The molecule has 2 saturated carbocycles. The molecule has 6 heteroatoms. The van der Waals surface area contributed by atoms with Gasteiger partial charge < -0.3 is 15.0 Å². The number of amides is 1. The first kappa shape index (κ1) is 14.1. The van der Waals surface area contributed by atoms with E-state index >= 15 is 0 Å². The molecule has 1 aromatic heterocycles. The van der Waals surface area contributed by atoms with E-state index in [1.165, 1.54) is 0 Å². The molecule has 0 aromatic carbocycles. The fourth-order valence-corrected chi connectivity index (χ4v) is 3.79. The molecule has 0 bridgehead atoms. The number of carboxylic acid groups (broad SMARTS) is 1. The van der Waals surface area contributed by atoms with Gasteiger partial charge in [0.1, 0.15) is 0 Å². The second kappa shape index (κ2) is 5.87. The van der Waals surface area contributed by atoms with E-state index in [1.807, 2.05) is 10.8 Å². The van der Waals surface area contributed by atoms with Gasteiger partial charge in [0.25, 0.3) is 0 Å². The summed E-state index contributed by atoms with van der Waals surface area (Å²) in [6, 6.07) is 0.322. The molecule has 1 amide bonds. The van der Waals surface area contributed by atoms with Crippen LogP contribution in [0.1, 0.15) is 44.6 Å². The maximum atomic E-state index is 12.4.